The summed E-state index contributed by atoms with van der Waals surface area (Å²) in [6, 6.07) is 0. The van der Waals surface area contributed by atoms with Crippen LogP contribution in [0.4, 0.5) is 0 Å². The van der Waals surface area contributed by atoms with Gasteiger partial charge in [0.2, 0.25) is 0 Å². The molecule has 0 amide bonds. The van der Waals surface area contributed by atoms with E-state index in [1.165, 1.54) is 70.6 Å². The highest BCUT2D eigenvalue weighted by molar-refractivity contribution is 5.71. The fourth-order valence-corrected chi connectivity index (χ4v) is 8.80. The summed E-state index contributed by atoms with van der Waals surface area (Å²) in [6.45, 7) is 6.37. The van der Waals surface area contributed by atoms with Gasteiger partial charge in [-0.25, -0.2) is 0 Å². The molecule has 0 aliphatic rings. The minimum atomic E-state index is -0.806. The van der Waals surface area contributed by atoms with Crippen molar-refractivity contribution in [2.75, 3.05) is 13.2 Å². The molecule has 0 aliphatic heterocycles. The van der Waals surface area contributed by atoms with Gasteiger partial charge in [-0.05, 0) is 148 Å². The first-order valence-corrected chi connectivity index (χ1v) is 33.5. The summed E-state index contributed by atoms with van der Waals surface area (Å²) in [5.41, 5.74) is 0. The molecule has 0 heterocycles. The Hall–Kier alpha value is -4.97. The van der Waals surface area contributed by atoms with Gasteiger partial charge in [0.15, 0.2) is 6.10 Å². The molecule has 0 spiro atoms. The second-order valence-corrected chi connectivity index (χ2v) is 21.6. The first-order chi connectivity index (χ1) is 40.5. The van der Waals surface area contributed by atoms with Crippen LogP contribution < -0.4 is 0 Å². The number of ether oxygens (including phenoxy) is 3. The predicted octanol–water partition coefficient (Wildman–Crippen LogP) is 23.3. The maximum absolute atomic E-state index is 12.9. The molecule has 0 saturated heterocycles. The minimum absolute atomic E-state index is 0.0993. The largest absolute Gasteiger partial charge is 0.462 e. The van der Waals surface area contributed by atoms with E-state index in [9.17, 15) is 14.4 Å². The van der Waals surface area contributed by atoms with Crippen molar-refractivity contribution in [2.24, 2.45) is 0 Å². The van der Waals surface area contributed by atoms with Crippen LogP contribution in [0.15, 0.2) is 158 Å². The molecule has 0 aromatic rings. The molecule has 82 heavy (non-hydrogen) atoms. The minimum Gasteiger partial charge on any atom is -0.462 e. The molecule has 1 unspecified atom stereocenters. The van der Waals surface area contributed by atoms with Gasteiger partial charge in [0, 0.05) is 19.3 Å². The van der Waals surface area contributed by atoms with Gasteiger partial charge in [0.25, 0.3) is 0 Å². The van der Waals surface area contributed by atoms with Crippen LogP contribution in [0.1, 0.15) is 284 Å². The van der Waals surface area contributed by atoms with Crippen LogP contribution in [0.5, 0.6) is 0 Å². The van der Waals surface area contributed by atoms with E-state index in [2.05, 4.69) is 179 Å². The smallest absolute Gasteiger partial charge is 0.306 e. The quantitative estimate of drug-likeness (QED) is 0.0261. The molecule has 0 N–H and O–H groups in total. The fourth-order valence-electron chi connectivity index (χ4n) is 8.80. The van der Waals surface area contributed by atoms with Crippen molar-refractivity contribution in [2.45, 2.75) is 290 Å². The molecule has 0 aromatic heterocycles. The van der Waals surface area contributed by atoms with Crippen LogP contribution in [0.3, 0.4) is 0 Å². The van der Waals surface area contributed by atoms with Crippen molar-refractivity contribution in [3.05, 3.63) is 158 Å². The highest BCUT2D eigenvalue weighted by Gasteiger charge is 2.19. The van der Waals surface area contributed by atoms with Gasteiger partial charge in [0.1, 0.15) is 13.2 Å². The van der Waals surface area contributed by atoms with Crippen LogP contribution in [0, 0.1) is 0 Å². The first kappa shape index (κ1) is 77.0. The lowest BCUT2D eigenvalue weighted by Crippen LogP contribution is -2.30. The molecule has 462 valence electrons. The molecule has 6 heteroatoms. The van der Waals surface area contributed by atoms with Gasteiger partial charge in [-0.2, -0.15) is 0 Å². The normalized spacial score (nSPS) is 13.2. The number of hydrogen-bond acceptors (Lipinski definition) is 6. The predicted molar refractivity (Wildman–Crippen MR) is 357 cm³/mol. The van der Waals surface area contributed by atoms with E-state index in [4.69, 9.17) is 14.2 Å². The van der Waals surface area contributed by atoms with Crippen molar-refractivity contribution in [1.29, 1.82) is 0 Å². The van der Waals surface area contributed by atoms with Crippen molar-refractivity contribution in [3.8, 4) is 0 Å². The third-order valence-electron chi connectivity index (χ3n) is 13.7. The van der Waals surface area contributed by atoms with Crippen molar-refractivity contribution in [3.63, 3.8) is 0 Å². The summed E-state index contributed by atoms with van der Waals surface area (Å²) < 4.78 is 16.9. The molecule has 0 aromatic carbocycles. The number of hydrogen-bond donors (Lipinski definition) is 0. The monoisotopic (exact) mass is 1130 g/mol. The Kier molecular flexibility index (Phi) is 64.4. The summed E-state index contributed by atoms with van der Waals surface area (Å²) in [6.07, 6.45) is 99.6. The highest BCUT2D eigenvalue weighted by atomic mass is 16.6. The molecule has 0 saturated carbocycles. The summed E-state index contributed by atoms with van der Waals surface area (Å²) >= 11 is 0. The van der Waals surface area contributed by atoms with Crippen LogP contribution in [0.2, 0.25) is 0 Å². The number of carbonyl (C=O) groups excluding carboxylic acids is 3. The first-order valence-electron chi connectivity index (χ1n) is 33.5. The SMILES string of the molecule is CC/C=C\C/C=C\C/C=C\C/C=C\C/C=C\C/C=C\C/C=C\CCCCCCCCCC(=O)OCC(COC(=O)CCCCCCC/C=C\CCCCCCC)OC(=O)CCCCCCC/C=C\C/C=C\C/C=C\C/C=C\C/C=C\CC. The van der Waals surface area contributed by atoms with E-state index < -0.39 is 6.10 Å². The van der Waals surface area contributed by atoms with E-state index >= 15 is 0 Å². The van der Waals surface area contributed by atoms with Gasteiger partial charge in [-0.3, -0.25) is 14.4 Å². The molecule has 0 aliphatic carbocycles. The Morgan fingerprint density at radius 1 is 0.256 bits per heavy atom. The number of allylic oxidation sites excluding steroid dienone is 26. The average Bonchev–Trinajstić information content (AvgIpc) is 3.47. The maximum Gasteiger partial charge on any atom is 0.306 e. The van der Waals surface area contributed by atoms with Crippen LogP contribution >= 0.6 is 0 Å². The van der Waals surface area contributed by atoms with Crippen LogP contribution in [-0.2, 0) is 28.6 Å². The summed E-state index contributed by atoms with van der Waals surface area (Å²) in [5, 5.41) is 0. The zero-order chi connectivity index (χ0) is 59.2. The summed E-state index contributed by atoms with van der Waals surface area (Å²) in [4.78, 5) is 38.4. The van der Waals surface area contributed by atoms with Gasteiger partial charge in [-0.15, -0.1) is 0 Å². The van der Waals surface area contributed by atoms with Crippen molar-refractivity contribution >= 4 is 17.9 Å². The highest BCUT2D eigenvalue weighted by Crippen LogP contribution is 2.14. The Morgan fingerprint density at radius 3 is 0.756 bits per heavy atom. The Labute approximate surface area is 505 Å². The Bertz CT molecular complexity index is 1830. The molecule has 0 radical (unpaired) electrons. The maximum atomic E-state index is 12.9. The van der Waals surface area contributed by atoms with E-state index in [0.717, 1.165) is 173 Å². The average molecular weight is 1130 g/mol. The van der Waals surface area contributed by atoms with Crippen LogP contribution in [0.25, 0.3) is 0 Å². The fraction of sp³-hybridized carbons (Fsp3) is 0.618. The Balaban J connectivity index is 4.42. The lowest BCUT2D eigenvalue weighted by molar-refractivity contribution is -0.167. The number of unbranched alkanes of at least 4 members (excludes halogenated alkanes) is 22. The van der Waals surface area contributed by atoms with Gasteiger partial charge >= 0.3 is 17.9 Å². The second kappa shape index (κ2) is 68.5. The molecule has 6 nitrogen and oxygen atoms in total. The standard InChI is InChI=1S/C76H122O6/c1-4-7-10-13-16-19-22-25-28-30-32-34-35-36-37-38-39-40-41-43-44-46-48-51-54-57-60-63-66-69-75(78)81-72-73(71-80-74(77)68-65-62-59-56-53-50-27-24-21-18-15-12-9-6-3)82-76(79)70-67-64-61-58-55-52-49-47-45-42-33-31-29-26-23-20-17-14-11-8-5-2/h7-8,10-11,16-17,19-20,24-29,32-34,36-37,39-40,42-44,47,49,73H,4-6,9,12-15,18,21-23,30-31,35,38,41,45-46,48,50-72H2,1-3H3/b10-7-,11-8-,19-16-,20-17-,27-24-,28-25-,29-26-,34-32-,37-36-,40-39-,42-33-,44-43-,49-47-. The van der Waals surface area contributed by atoms with Gasteiger partial charge in [0.05, 0.1) is 0 Å². The number of rotatable bonds is 59. The third-order valence-corrected chi connectivity index (χ3v) is 13.7. The molecule has 0 fully saturated rings. The number of carbonyl (C=O) groups is 3. The summed E-state index contributed by atoms with van der Waals surface area (Å²) in [5.74, 6) is -0.938. The molecule has 0 rings (SSSR count). The second-order valence-electron chi connectivity index (χ2n) is 21.6. The van der Waals surface area contributed by atoms with E-state index in [1.807, 2.05) is 0 Å². The zero-order valence-corrected chi connectivity index (χ0v) is 52.9. The molecule has 1 atom stereocenters. The third kappa shape index (κ3) is 65.8. The van der Waals surface area contributed by atoms with Gasteiger partial charge in [-0.1, -0.05) is 275 Å². The van der Waals surface area contributed by atoms with E-state index in [0.29, 0.717) is 19.3 Å². The summed E-state index contributed by atoms with van der Waals surface area (Å²) in [7, 11) is 0. The van der Waals surface area contributed by atoms with Crippen molar-refractivity contribution in [1.82, 2.24) is 0 Å². The van der Waals surface area contributed by atoms with E-state index in [-0.39, 0.29) is 31.1 Å². The topological polar surface area (TPSA) is 78.9 Å². The van der Waals surface area contributed by atoms with Gasteiger partial charge < -0.3 is 14.2 Å². The number of esters is 3. The Morgan fingerprint density at radius 2 is 0.476 bits per heavy atom. The molecular weight excluding hydrogens is 1010 g/mol. The molecule has 0 bridgehead atoms. The molecular formula is C76H122O6. The van der Waals surface area contributed by atoms with Crippen molar-refractivity contribution < 1.29 is 28.6 Å². The zero-order valence-electron chi connectivity index (χ0n) is 52.9. The van der Waals surface area contributed by atoms with Crippen LogP contribution in [-0.4, -0.2) is 37.2 Å². The van der Waals surface area contributed by atoms with E-state index in [1.54, 1.807) is 0 Å². The lowest BCUT2D eigenvalue weighted by Gasteiger charge is -2.18. The lowest BCUT2D eigenvalue weighted by atomic mass is 10.1.